The molecule has 0 aromatic carbocycles. The minimum absolute atomic E-state index is 0.144. The molecule has 22 heavy (non-hydrogen) atoms. The van der Waals surface area contributed by atoms with Crippen molar-refractivity contribution >= 4 is 5.91 Å². The van der Waals surface area contributed by atoms with Crippen molar-refractivity contribution in [3.63, 3.8) is 0 Å². The molecule has 2 fully saturated rings. The lowest BCUT2D eigenvalue weighted by atomic mass is 10.2. The molecule has 0 bridgehead atoms. The van der Waals surface area contributed by atoms with Gasteiger partial charge in [-0.3, -0.25) is 9.78 Å². The molecule has 1 amide bonds. The molecule has 1 saturated heterocycles. The van der Waals surface area contributed by atoms with Crippen molar-refractivity contribution in [3.05, 3.63) is 41.7 Å². The van der Waals surface area contributed by atoms with E-state index in [1.165, 1.54) is 25.1 Å². The lowest BCUT2D eigenvalue weighted by Crippen LogP contribution is -2.29. The minimum Gasteiger partial charge on any atom is -0.336 e. The van der Waals surface area contributed by atoms with Crippen molar-refractivity contribution in [2.75, 3.05) is 13.1 Å². The van der Waals surface area contributed by atoms with E-state index in [4.69, 9.17) is 0 Å². The predicted molar refractivity (Wildman–Crippen MR) is 75.7 cm³/mol. The van der Waals surface area contributed by atoms with Gasteiger partial charge in [0, 0.05) is 31.4 Å². The highest BCUT2D eigenvalue weighted by molar-refractivity contribution is 5.94. The first-order valence-corrected chi connectivity index (χ1v) is 7.52. The molecule has 1 unspecified atom stereocenters. The van der Waals surface area contributed by atoms with Gasteiger partial charge in [0.2, 0.25) is 0 Å². The molecule has 2 aliphatic rings. The number of amides is 1. The highest BCUT2D eigenvalue weighted by atomic mass is 19.1. The summed E-state index contributed by atoms with van der Waals surface area (Å²) in [5, 5.41) is 8.41. The van der Waals surface area contributed by atoms with E-state index in [0.717, 1.165) is 18.3 Å². The molecule has 7 heteroatoms. The van der Waals surface area contributed by atoms with Crippen LogP contribution in [0, 0.1) is 5.82 Å². The molecular formula is C15H16FN5O. The summed E-state index contributed by atoms with van der Waals surface area (Å²) in [5.74, 6) is -0.102. The third-order valence-electron chi connectivity index (χ3n) is 4.30. The van der Waals surface area contributed by atoms with Crippen LogP contribution in [0.1, 0.15) is 47.3 Å². The van der Waals surface area contributed by atoms with Gasteiger partial charge in [-0.05, 0) is 25.3 Å². The van der Waals surface area contributed by atoms with E-state index in [2.05, 4.69) is 15.3 Å². The van der Waals surface area contributed by atoms with Gasteiger partial charge in [0.1, 0.15) is 5.82 Å². The third kappa shape index (κ3) is 2.47. The maximum Gasteiger partial charge on any atom is 0.255 e. The van der Waals surface area contributed by atoms with Crippen LogP contribution in [-0.2, 0) is 0 Å². The zero-order valence-corrected chi connectivity index (χ0v) is 12.0. The monoisotopic (exact) mass is 301 g/mol. The number of nitrogens with zero attached hydrogens (tertiary/aromatic N) is 5. The molecule has 1 atom stereocenters. The van der Waals surface area contributed by atoms with Gasteiger partial charge in [-0.2, -0.15) is 0 Å². The number of halogens is 1. The lowest BCUT2D eigenvalue weighted by Gasteiger charge is -2.16. The number of hydrogen-bond acceptors (Lipinski definition) is 4. The maximum absolute atomic E-state index is 13.2. The summed E-state index contributed by atoms with van der Waals surface area (Å²) in [5.41, 5.74) is 1.34. The average molecular weight is 301 g/mol. The fourth-order valence-electron chi connectivity index (χ4n) is 2.89. The van der Waals surface area contributed by atoms with E-state index < -0.39 is 5.82 Å². The summed E-state index contributed by atoms with van der Waals surface area (Å²) in [4.78, 5) is 17.8. The van der Waals surface area contributed by atoms with Crippen LogP contribution in [0.15, 0.2) is 24.7 Å². The van der Waals surface area contributed by atoms with Crippen molar-refractivity contribution in [1.29, 1.82) is 0 Å². The van der Waals surface area contributed by atoms with Crippen molar-refractivity contribution in [2.45, 2.75) is 31.2 Å². The molecule has 1 aliphatic carbocycles. The Bertz CT molecular complexity index is 711. The molecule has 1 aliphatic heterocycles. The summed E-state index contributed by atoms with van der Waals surface area (Å²) < 4.78 is 15.1. The standard InChI is InChI=1S/C15H16FN5O/c16-12-5-11(6-17-7-12)15(22)20-4-3-13(8-20)21-9-14(18-19-21)10-1-2-10/h5-7,9-10,13H,1-4,8H2. The van der Waals surface area contributed by atoms with Crippen LogP contribution in [0.3, 0.4) is 0 Å². The predicted octanol–water partition coefficient (Wildman–Crippen LogP) is 1.78. The summed E-state index contributed by atoms with van der Waals surface area (Å²) >= 11 is 0. The molecule has 0 spiro atoms. The molecule has 6 nitrogen and oxygen atoms in total. The second kappa shape index (κ2) is 5.15. The highest BCUT2D eigenvalue weighted by Crippen LogP contribution is 2.39. The average Bonchev–Trinajstić information content (AvgIpc) is 3.06. The van der Waals surface area contributed by atoms with Gasteiger partial charge in [-0.1, -0.05) is 5.21 Å². The Morgan fingerprint density at radius 1 is 1.27 bits per heavy atom. The van der Waals surface area contributed by atoms with E-state index in [1.807, 2.05) is 10.9 Å². The second-order valence-electron chi connectivity index (χ2n) is 5.98. The fraction of sp³-hybridized carbons (Fsp3) is 0.467. The van der Waals surface area contributed by atoms with Crippen LogP contribution in [0.4, 0.5) is 4.39 Å². The van der Waals surface area contributed by atoms with Crippen molar-refractivity contribution < 1.29 is 9.18 Å². The van der Waals surface area contributed by atoms with Gasteiger partial charge in [-0.15, -0.1) is 5.10 Å². The number of carbonyl (C=O) groups is 1. The normalized spacial score (nSPS) is 21.3. The first-order valence-electron chi connectivity index (χ1n) is 7.52. The zero-order valence-electron chi connectivity index (χ0n) is 12.0. The van der Waals surface area contributed by atoms with Crippen LogP contribution in [-0.4, -0.2) is 43.9 Å². The number of hydrogen-bond donors (Lipinski definition) is 0. The Morgan fingerprint density at radius 3 is 2.91 bits per heavy atom. The lowest BCUT2D eigenvalue weighted by molar-refractivity contribution is 0.0786. The van der Waals surface area contributed by atoms with Gasteiger partial charge in [0.15, 0.2) is 0 Å². The van der Waals surface area contributed by atoms with E-state index in [-0.39, 0.29) is 17.5 Å². The van der Waals surface area contributed by atoms with Crippen molar-refractivity contribution in [2.24, 2.45) is 0 Å². The third-order valence-corrected chi connectivity index (χ3v) is 4.30. The van der Waals surface area contributed by atoms with Gasteiger partial charge in [0.25, 0.3) is 5.91 Å². The summed E-state index contributed by atoms with van der Waals surface area (Å²) in [6.07, 6.45) is 7.72. The second-order valence-corrected chi connectivity index (χ2v) is 5.98. The molecule has 0 radical (unpaired) electrons. The minimum atomic E-state index is -0.494. The van der Waals surface area contributed by atoms with Crippen LogP contribution in [0.2, 0.25) is 0 Å². The largest absolute Gasteiger partial charge is 0.336 e. The Morgan fingerprint density at radius 2 is 2.14 bits per heavy atom. The first kappa shape index (κ1) is 13.4. The van der Waals surface area contributed by atoms with Crippen LogP contribution in [0.5, 0.6) is 0 Å². The number of aromatic nitrogens is 4. The topological polar surface area (TPSA) is 63.9 Å². The Labute approximate surface area is 126 Å². The summed E-state index contributed by atoms with van der Waals surface area (Å²) in [6.45, 7) is 1.21. The van der Waals surface area contributed by atoms with Gasteiger partial charge < -0.3 is 4.90 Å². The number of carbonyl (C=O) groups excluding carboxylic acids is 1. The van der Waals surface area contributed by atoms with Gasteiger partial charge in [-0.25, -0.2) is 9.07 Å². The van der Waals surface area contributed by atoms with E-state index in [0.29, 0.717) is 19.0 Å². The smallest absolute Gasteiger partial charge is 0.255 e. The van der Waals surface area contributed by atoms with Crippen LogP contribution < -0.4 is 0 Å². The maximum atomic E-state index is 13.2. The summed E-state index contributed by atoms with van der Waals surface area (Å²) in [7, 11) is 0. The Hall–Kier alpha value is -2.31. The van der Waals surface area contributed by atoms with Gasteiger partial charge in [0.05, 0.1) is 23.5 Å². The molecule has 0 N–H and O–H groups in total. The Balaban J connectivity index is 1.46. The molecule has 1 saturated carbocycles. The van der Waals surface area contributed by atoms with Gasteiger partial charge >= 0.3 is 0 Å². The molecule has 114 valence electrons. The van der Waals surface area contributed by atoms with Crippen LogP contribution >= 0.6 is 0 Å². The van der Waals surface area contributed by atoms with E-state index in [1.54, 1.807) is 4.90 Å². The Kier molecular flexibility index (Phi) is 3.13. The summed E-state index contributed by atoms with van der Waals surface area (Å²) in [6, 6.07) is 1.37. The quantitative estimate of drug-likeness (QED) is 0.867. The van der Waals surface area contributed by atoms with E-state index >= 15 is 0 Å². The SMILES string of the molecule is O=C(c1cncc(F)c1)N1CCC(n2cc(C3CC3)nn2)C1. The molecule has 2 aromatic heterocycles. The van der Waals surface area contributed by atoms with E-state index in [9.17, 15) is 9.18 Å². The first-order chi connectivity index (χ1) is 10.7. The van der Waals surface area contributed by atoms with Crippen molar-refractivity contribution in [3.8, 4) is 0 Å². The number of pyridine rings is 1. The molecular weight excluding hydrogens is 285 g/mol. The highest BCUT2D eigenvalue weighted by Gasteiger charge is 2.31. The molecule has 4 rings (SSSR count). The zero-order chi connectivity index (χ0) is 15.1. The van der Waals surface area contributed by atoms with Crippen molar-refractivity contribution in [1.82, 2.24) is 24.9 Å². The van der Waals surface area contributed by atoms with Crippen LogP contribution in [0.25, 0.3) is 0 Å². The number of rotatable bonds is 3. The fourth-order valence-corrected chi connectivity index (χ4v) is 2.89. The molecule has 3 heterocycles. The number of likely N-dealkylation sites (tertiary alicyclic amines) is 1. The molecule has 2 aromatic rings.